The molecule has 1 aliphatic heterocycles. The number of benzene rings is 2. The Hall–Kier alpha value is -2.29. The zero-order chi connectivity index (χ0) is 11.7. The van der Waals surface area contributed by atoms with Crippen LogP contribution in [0.5, 0.6) is 0 Å². The third kappa shape index (κ3) is 1.76. The molecular weight excluding hydrogens is 212 g/mol. The van der Waals surface area contributed by atoms with Gasteiger partial charge in [-0.25, -0.2) is 0 Å². The second kappa shape index (κ2) is 3.94. The summed E-state index contributed by atoms with van der Waals surface area (Å²) in [5.41, 5.74) is 3.66. The van der Waals surface area contributed by atoms with E-state index in [4.69, 9.17) is 0 Å². The molecule has 1 heterocycles. The predicted molar refractivity (Wildman–Crippen MR) is 67.3 cm³/mol. The number of hydrogen-bond acceptors (Lipinski definition) is 2. The molecular formula is C14H12N2O. The predicted octanol–water partition coefficient (Wildman–Crippen LogP) is 2.67. The normalized spacial score (nSPS) is 13.1. The SMILES string of the molecule is O=C1NCc2cccc(Nc3ccccc3)c21. The van der Waals surface area contributed by atoms with Gasteiger partial charge in [0.25, 0.3) is 5.91 Å². The fourth-order valence-corrected chi connectivity index (χ4v) is 2.06. The largest absolute Gasteiger partial charge is 0.355 e. The van der Waals surface area contributed by atoms with Crippen LogP contribution in [0.1, 0.15) is 15.9 Å². The summed E-state index contributed by atoms with van der Waals surface area (Å²) in [6.45, 7) is 0.623. The average Bonchev–Trinajstić information content (AvgIpc) is 2.74. The molecule has 2 N–H and O–H groups in total. The molecule has 0 saturated heterocycles. The van der Waals surface area contributed by atoms with E-state index >= 15 is 0 Å². The molecule has 0 fully saturated rings. The number of para-hydroxylation sites is 1. The molecule has 84 valence electrons. The van der Waals surface area contributed by atoms with Gasteiger partial charge < -0.3 is 10.6 Å². The lowest BCUT2D eigenvalue weighted by molar-refractivity contribution is 0.0966. The van der Waals surface area contributed by atoms with Gasteiger partial charge in [-0.1, -0.05) is 30.3 Å². The van der Waals surface area contributed by atoms with Crippen LogP contribution in [0.4, 0.5) is 11.4 Å². The Kier molecular flexibility index (Phi) is 2.29. The zero-order valence-corrected chi connectivity index (χ0v) is 9.23. The van der Waals surface area contributed by atoms with Crippen molar-refractivity contribution < 1.29 is 4.79 Å². The number of amides is 1. The van der Waals surface area contributed by atoms with Crippen molar-refractivity contribution in [3.05, 3.63) is 59.7 Å². The summed E-state index contributed by atoms with van der Waals surface area (Å²) in [7, 11) is 0. The highest BCUT2D eigenvalue weighted by Gasteiger charge is 2.21. The maximum absolute atomic E-state index is 11.7. The summed E-state index contributed by atoms with van der Waals surface area (Å²) in [6, 6.07) is 15.7. The molecule has 0 bridgehead atoms. The molecule has 0 aromatic heterocycles. The summed E-state index contributed by atoms with van der Waals surface area (Å²) in [6.07, 6.45) is 0. The van der Waals surface area contributed by atoms with Crippen molar-refractivity contribution in [2.75, 3.05) is 5.32 Å². The van der Waals surface area contributed by atoms with E-state index in [9.17, 15) is 4.79 Å². The molecule has 1 amide bonds. The molecule has 0 saturated carbocycles. The highest BCUT2D eigenvalue weighted by atomic mass is 16.1. The van der Waals surface area contributed by atoms with Crippen molar-refractivity contribution in [2.45, 2.75) is 6.54 Å². The quantitative estimate of drug-likeness (QED) is 0.823. The number of carbonyl (C=O) groups is 1. The van der Waals surface area contributed by atoms with Gasteiger partial charge >= 0.3 is 0 Å². The Morgan fingerprint density at radius 3 is 2.65 bits per heavy atom. The minimum Gasteiger partial charge on any atom is -0.355 e. The number of carbonyl (C=O) groups excluding carboxylic acids is 1. The Balaban J connectivity index is 2.00. The van der Waals surface area contributed by atoms with E-state index in [1.54, 1.807) is 0 Å². The fraction of sp³-hybridized carbons (Fsp3) is 0.0714. The Bertz CT molecular complexity index is 564. The van der Waals surface area contributed by atoms with E-state index in [-0.39, 0.29) is 5.91 Å². The van der Waals surface area contributed by atoms with Crippen LogP contribution >= 0.6 is 0 Å². The molecule has 0 atom stereocenters. The van der Waals surface area contributed by atoms with Gasteiger partial charge in [0.05, 0.1) is 11.3 Å². The smallest absolute Gasteiger partial charge is 0.254 e. The van der Waals surface area contributed by atoms with Crippen LogP contribution in [0.2, 0.25) is 0 Å². The number of anilines is 2. The van der Waals surface area contributed by atoms with Gasteiger partial charge in [0.2, 0.25) is 0 Å². The number of fused-ring (bicyclic) bond motifs is 1. The lowest BCUT2D eigenvalue weighted by Gasteiger charge is -2.09. The summed E-state index contributed by atoms with van der Waals surface area (Å²) < 4.78 is 0. The van der Waals surface area contributed by atoms with Crippen LogP contribution in [-0.4, -0.2) is 5.91 Å². The first-order chi connectivity index (χ1) is 8.34. The molecule has 0 aliphatic carbocycles. The topological polar surface area (TPSA) is 41.1 Å². The third-order valence-corrected chi connectivity index (χ3v) is 2.87. The Labute approximate surface area is 99.5 Å². The summed E-state index contributed by atoms with van der Waals surface area (Å²) in [4.78, 5) is 11.7. The van der Waals surface area contributed by atoms with Gasteiger partial charge in [-0.3, -0.25) is 4.79 Å². The van der Waals surface area contributed by atoms with Crippen molar-refractivity contribution in [3.8, 4) is 0 Å². The molecule has 3 nitrogen and oxygen atoms in total. The highest BCUT2D eigenvalue weighted by Crippen LogP contribution is 2.26. The van der Waals surface area contributed by atoms with Crippen LogP contribution in [-0.2, 0) is 6.54 Å². The minimum absolute atomic E-state index is 0.000897. The van der Waals surface area contributed by atoms with Crippen LogP contribution < -0.4 is 10.6 Å². The first-order valence-electron chi connectivity index (χ1n) is 5.57. The third-order valence-electron chi connectivity index (χ3n) is 2.87. The lowest BCUT2D eigenvalue weighted by atomic mass is 10.1. The van der Waals surface area contributed by atoms with Gasteiger partial charge in [-0.15, -0.1) is 0 Å². The summed E-state index contributed by atoms with van der Waals surface area (Å²) in [5.74, 6) is -0.000897. The van der Waals surface area contributed by atoms with Gasteiger partial charge in [0, 0.05) is 12.2 Å². The molecule has 0 spiro atoms. The molecule has 2 aromatic carbocycles. The van der Waals surface area contributed by atoms with Crippen molar-refractivity contribution in [1.82, 2.24) is 5.32 Å². The Morgan fingerprint density at radius 1 is 1.00 bits per heavy atom. The molecule has 0 radical (unpaired) electrons. The average molecular weight is 224 g/mol. The van der Waals surface area contributed by atoms with E-state index < -0.39 is 0 Å². The number of hydrogen-bond donors (Lipinski definition) is 2. The first-order valence-corrected chi connectivity index (χ1v) is 5.57. The van der Waals surface area contributed by atoms with E-state index in [1.165, 1.54) is 0 Å². The van der Waals surface area contributed by atoms with E-state index in [0.717, 1.165) is 22.5 Å². The maximum atomic E-state index is 11.7. The van der Waals surface area contributed by atoms with Gasteiger partial charge in [0.1, 0.15) is 0 Å². The molecule has 1 aliphatic rings. The van der Waals surface area contributed by atoms with Crippen molar-refractivity contribution in [1.29, 1.82) is 0 Å². The second-order valence-corrected chi connectivity index (χ2v) is 4.01. The van der Waals surface area contributed by atoms with Crippen LogP contribution in [0.15, 0.2) is 48.5 Å². The van der Waals surface area contributed by atoms with E-state index in [0.29, 0.717) is 6.54 Å². The Morgan fingerprint density at radius 2 is 1.82 bits per heavy atom. The molecule has 2 aromatic rings. The maximum Gasteiger partial charge on any atom is 0.254 e. The van der Waals surface area contributed by atoms with Crippen LogP contribution in [0, 0.1) is 0 Å². The number of nitrogens with one attached hydrogen (secondary N) is 2. The fourth-order valence-electron chi connectivity index (χ4n) is 2.06. The molecule has 17 heavy (non-hydrogen) atoms. The monoisotopic (exact) mass is 224 g/mol. The van der Waals surface area contributed by atoms with E-state index in [2.05, 4.69) is 10.6 Å². The van der Waals surface area contributed by atoms with Crippen molar-refractivity contribution in [3.63, 3.8) is 0 Å². The lowest BCUT2D eigenvalue weighted by Crippen LogP contribution is -2.13. The second-order valence-electron chi connectivity index (χ2n) is 4.01. The standard InChI is InChI=1S/C14H12N2O/c17-14-13-10(9-15-14)5-4-8-12(13)16-11-6-2-1-3-7-11/h1-8,16H,9H2,(H,15,17). The van der Waals surface area contributed by atoms with Gasteiger partial charge in [-0.05, 0) is 23.8 Å². The van der Waals surface area contributed by atoms with Gasteiger partial charge in [0.15, 0.2) is 0 Å². The number of rotatable bonds is 2. The van der Waals surface area contributed by atoms with Crippen LogP contribution in [0.3, 0.4) is 0 Å². The molecule has 0 unspecified atom stereocenters. The first kappa shape index (κ1) is 9.90. The zero-order valence-electron chi connectivity index (χ0n) is 9.23. The van der Waals surface area contributed by atoms with Crippen LogP contribution in [0.25, 0.3) is 0 Å². The highest BCUT2D eigenvalue weighted by molar-refractivity contribution is 6.04. The summed E-state index contributed by atoms with van der Waals surface area (Å²) >= 11 is 0. The molecule has 3 heteroatoms. The molecule has 3 rings (SSSR count). The summed E-state index contributed by atoms with van der Waals surface area (Å²) in [5, 5.41) is 6.11. The minimum atomic E-state index is -0.000897. The van der Waals surface area contributed by atoms with Gasteiger partial charge in [-0.2, -0.15) is 0 Å². The van der Waals surface area contributed by atoms with Crippen molar-refractivity contribution in [2.24, 2.45) is 0 Å². The van der Waals surface area contributed by atoms with E-state index in [1.807, 2.05) is 48.5 Å². The van der Waals surface area contributed by atoms with Crippen molar-refractivity contribution >= 4 is 17.3 Å².